The SMILES string of the molecule is CN(C(=O)CSc1nnc(-c2ccccc2Cl)n1N)C1CCCCC1. The molecule has 0 atom stereocenters. The number of amides is 1. The van der Waals surface area contributed by atoms with Gasteiger partial charge in [-0.15, -0.1) is 10.2 Å². The van der Waals surface area contributed by atoms with Gasteiger partial charge in [0.2, 0.25) is 11.1 Å². The number of carbonyl (C=O) groups excluding carboxylic acids is 1. The van der Waals surface area contributed by atoms with E-state index in [4.69, 9.17) is 17.4 Å². The van der Waals surface area contributed by atoms with Gasteiger partial charge in [-0.05, 0) is 25.0 Å². The van der Waals surface area contributed by atoms with Crippen LogP contribution < -0.4 is 5.84 Å². The van der Waals surface area contributed by atoms with Crippen LogP contribution in [0, 0.1) is 0 Å². The molecule has 1 fully saturated rings. The van der Waals surface area contributed by atoms with E-state index in [2.05, 4.69) is 10.2 Å². The molecular formula is C17H22ClN5OS. The zero-order valence-corrected chi connectivity index (χ0v) is 15.8. The largest absolute Gasteiger partial charge is 0.342 e. The summed E-state index contributed by atoms with van der Waals surface area (Å²) in [5.41, 5.74) is 0.719. The first kappa shape index (κ1) is 18.1. The minimum Gasteiger partial charge on any atom is -0.342 e. The van der Waals surface area contributed by atoms with E-state index in [-0.39, 0.29) is 5.91 Å². The Bertz CT molecular complexity index is 744. The first-order valence-corrected chi connectivity index (χ1v) is 9.78. The van der Waals surface area contributed by atoms with Crippen molar-refractivity contribution in [2.75, 3.05) is 18.6 Å². The number of carbonyl (C=O) groups is 1. The molecule has 0 spiro atoms. The van der Waals surface area contributed by atoms with Gasteiger partial charge in [0, 0.05) is 18.7 Å². The Hall–Kier alpha value is -1.73. The van der Waals surface area contributed by atoms with Gasteiger partial charge in [-0.25, -0.2) is 4.68 Å². The van der Waals surface area contributed by atoms with Crippen LogP contribution in [0.5, 0.6) is 0 Å². The highest BCUT2D eigenvalue weighted by atomic mass is 35.5. The number of nitrogens with two attached hydrogens (primary N) is 1. The van der Waals surface area contributed by atoms with E-state index < -0.39 is 0 Å². The predicted octanol–water partition coefficient (Wildman–Crippen LogP) is 3.20. The molecule has 1 aromatic heterocycles. The molecule has 134 valence electrons. The molecule has 1 saturated carbocycles. The van der Waals surface area contributed by atoms with Crippen LogP contribution in [0.25, 0.3) is 11.4 Å². The summed E-state index contributed by atoms with van der Waals surface area (Å²) < 4.78 is 1.39. The average Bonchev–Trinajstić information content (AvgIpc) is 3.00. The molecule has 6 nitrogen and oxygen atoms in total. The molecule has 0 bridgehead atoms. The topological polar surface area (TPSA) is 77.0 Å². The molecule has 3 rings (SSSR count). The lowest BCUT2D eigenvalue weighted by Gasteiger charge is -2.31. The molecule has 0 aliphatic heterocycles. The molecule has 1 aromatic carbocycles. The van der Waals surface area contributed by atoms with E-state index in [0.29, 0.717) is 27.8 Å². The maximum Gasteiger partial charge on any atom is 0.233 e. The molecular weight excluding hydrogens is 358 g/mol. The second kappa shape index (κ2) is 8.10. The van der Waals surface area contributed by atoms with Crippen LogP contribution in [0.4, 0.5) is 0 Å². The first-order chi connectivity index (χ1) is 12.1. The van der Waals surface area contributed by atoms with E-state index in [0.717, 1.165) is 18.4 Å². The molecule has 2 aromatic rings. The second-order valence-electron chi connectivity index (χ2n) is 6.24. The number of rotatable bonds is 5. The Morgan fingerprint density at radius 2 is 2.04 bits per heavy atom. The lowest BCUT2D eigenvalue weighted by Crippen LogP contribution is -2.39. The molecule has 0 radical (unpaired) electrons. The van der Waals surface area contributed by atoms with Crippen LogP contribution >= 0.6 is 23.4 Å². The van der Waals surface area contributed by atoms with Crippen molar-refractivity contribution in [1.29, 1.82) is 0 Å². The van der Waals surface area contributed by atoms with E-state index in [1.807, 2.05) is 30.1 Å². The van der Waals surface area contributed by atoms with Gasteiger partial charge in [0.05, 0.1) is 10.8 Å². The van der Waals surface area contributed by atoms with Crippen LogP contribution in [0.1, 0.15) is 32.1 Å². The summed E-state index contributed by atoms with van der Waals surface area (Å²) in [7, 11) is 1.89. The van der Waals surface area contributed by atoms with Crippen molar-refractivity contribution in [3.8, 4) is 11.4 Å². The second-order valence-corrected chi connectivity index (χ2v) is 7.59. The fraction of sp³-hybridized carbons (Fsp3) is 0.471. The number of benzene rings is 1. The van der Waals surface area contributed by atoms with Gasteiger partial charge in [-0.1, -0.05) is 54.8 Å². The minimum atomic E-state index is 0.0965. The Morgan fingerprint density at radius 1 is 1.32 bits per heavy atom. The van der Waals surface area contributed by atoms with Crippen molar-refractivity contribution >= 4 is 29.3 Å². The van der Waals surface area contributed by atoms with Crippen molar-refractivity contribution in [1.82, 2.24) is 19.8 Å². The minimum absolute atomic E-state index is 0.0965. The molecule has 1 heterocycles. The molecule has 8 heteroatoms. The van der Waals surface area contributed by atoms with Crippen molar-refractivity contribution in [3.63, 3.8) is 0 Å². The molecule has 25 heavy (non-hydrogen) atoms. The maximum atomic E-state index is 12.4. The number of nitrogens with zero attached hydrogens (tertiary/aromatic N) is 4. The highest BCUT2D eigenvalue weighted by Gasteiger charge is 2.23. The van der Waals surface area contributed by atoms with E-state index >= 15 is 0 Å². The number of hydrogen-bond donors (Lipinski definition) is 1. The first-order valence-electron chi connectivity index (χ1n) is 8.41. The zero-order valence-electron chi connectivity index (χ0n) is 14.2. The lowest BCUT2D eigenvalue weighted by atomic mass is 9.94. The third-order valence-corrected chi connectivity index (χ3v) is 5.88. The van der Waals surface area contributed by atoms with E-state index in [1.54, 1.807) is 6.07 Å². The highest BCUT2D eigenvalue weighted by molar-refractivity contribution is 7.99. The van der Waals surface area contributed by atoms with Gasteiger partial charge in [0.15, 0.2) is 5.82 Å². The third-order valence-electron chi connectivity index (χ3n) is 4.62. The maximum absolute atomic E-state index is 12.4. The summed E-state index contributed by atoms with van der Waals surface area (Å²) in [4.78, 5) is 14.3. The van der Waals surface area contributed by atoms with Crippen LogP contribution in [-0.4, -0.2) is 44.5 Å². The standard InChI is InChI=1S/C17H22ClN5OS/c1-22(12-7-3-2-4-8-12)15(24)11-25-17-21-20-16(23(17)19)13-9-5-6-10-14(13)18/h5-6,9-10,12H,2-4,7-8,11,19H2,1H3. The van der Waals surface area contributed by atoms with Crippen molar-refractivity contribution in [3.05, 3.63) is 29.3 Å². The van der Waals surface area contributed by atoms with Gasteiger partial charge in [-0.2, -0.15) is 0 Å². The molecule has 1 aliphatic carbocycles. The van der Waals surface area contributed by atoms with Crippen molar-refractivity contribution in [2.24, 2.45) is 0 Å². The summed E-state index contributed by atoms with van der Waals surface area (Å²) in [6, 6.07) is 7.69. The number of thioether (sulfide) groups is 1. The number of hydrogen-bond acceptors (Lipinski definition) is 5. The summed E-state index contributed by atoms with van der Waals surface area (Å²) in [6.45, 7) is 0. The molecule has 1 aliphatic rings. The monoisotopic (exact) mass is 379 g/mol. The Balaban J connectivity index is 1.64. The summed E-state index contributed by atoms with van der Waals surface area (Å²) in [5.74, 6) is 6.98. The van der Waals surface area contributed by atoms with Gasteiger partial charge < -0.3 is 10.7 Å². The molecule has 0 saturated heterocycles. The quantitative estimate of drug-likeness (QED) is 0.637. The Labute approximate surface area is 156 Å². The van der Waals surface area contributed by atoms with Crippen molar-refractivity contribution < 1.29 is 4.79 Å². The summed E-state index contributed by atoms with van der Waals surface area (Å²) >= 11 is 7.49. The van der Waals surface area contributed by atoms with Crippen molar-refractivity contribution in [2.45, 2.75) is 43.3 Å². The zero-order chi connectivity index (χ0) is 17.8. The fourth-order valence-corrected chi connectivity index (χ4v) is 4.10. The van der Waals surface area contributed by atoms with E-state index in [9.17, 15) is 4.79 Å². The third kappa shape index (κ3) is 4.10. The number of aromatic nitrogens is 3. The van der Waals surface area contributed by atoms with E-state index in [1.165, 1.54) is 35.7 Å². The summed E-state index contributed by atoms with van der Waals surface area (Å²) in [5, 5.41) is 9.28. The van der Waals surface area contributed by atoms with Crippen LogP contribution in [0.2, 0.25) is 5.02 Å². The van der Waals surface area contributed by atoms with Gasteiger partial charge in [0.1, 0.15) is 0 Å². The number of nitrogen functional groups attached to an aromatic ring is 1. The molecule has 1 amide bonds. The van der Waals surface area contributed by atoms with Gasteiger partial charge >= 0.3 is 0 Å². The Kier molecular flexibility index (Phi) is 5.86. The average molecular weight is 380 g/mol. The number of halogens is 1. The normalized spacial score (nSPS) is 15.3. The van der Waals surface area contributed by atoms with Gasteiger partial charge in [-0.3, -0.25) is 4.79 Å². The fourth-order valence-electron chi connectivity index (χ4n) is 3.10. The Morgan fingerprint density at radius 3 is 2.76 bits per heavy atom. The predicted molar refractivity (Wildman–Crippen MR) is 101 cm³/mol. The highest BCUT2D eigenvalue weighted by Crippen LogP contribution is 2.28. The molecule has 2 N–H and O–H groups in total. The lowest BCUT2D eigenvalue weighted by molar-refractivity contribution is -0.129. The smallest absolute Gasteiger partial charge is 0.233 e. The van der Waals surface area contributed by atoms with Crippen LogP contribution in [-0.2, 0) is 4.79 Å². The molecule has 0 unspecified atom stereocenters. The summed E-state index contributed by atoms with van der Waals surface area (Å²) in [6.07, 6.45) is 5.86. The van der Waals surface area contributed by atoms with Gasteiger partial charge in [0.25, 0.3) is 0 Å². The van der Waals surface area contributed by atoms with Crippen LogP contribution in [0.3, 0.4) is 0 Å². The van der Waals surface area contributed by atoms with Crippen LogP contribution in [0.15, 0.2) is 29.4 Å².